The number of anilines is 1. The summed E-state index contributed by atoms with van der Waals surface area (Å²) in [7, 11) is 0. The minimum absolute atomic E-state index is 0.0921. The van der Waals surface area contributed by atoms with Crippen molar-refractivity contribution < 1.29 is 18.3 Å². The maximum absolute atomic E-state index is 12.6. The predicted molar refractivity (Wildman–Crippen MR) is 78.5 cm³/mol. The highest BCUT2D eigenvalue weighted by Crippen LogP contribution is 2.30. The third-order valence-corrected chi connectivity index (χ3v) is 3.33. The zero-order chi connectivity index (χ0) is 16.2. The molecule has 0 amide bonds. The van der Waals surface area contributed by atoms with Crippen molar-refractivity contribution in [1.82, 2.24) is 4.98 Å². The second-order valence-corrected chi connectivity index (χ2v) is 5.12. The lowest BCUT2D eigenvalue weighted by atomic mass is 10.0. The van der Waals surface area contributed by atoms with Crippen molar-refractivity contribution in [2.24, 2.45) is 0 Å². The molecule has 0 saturated carbocycles. The van der Waals surface area contributed by atoms with E-state index in [0.29, 0.717) is 6.42 Å². The molecular weight excluding hydrogens is 293 g/mol. The van der Waals surface area contributed by atoms with E-state index in [1.54, 1.807) is 6.92 Å². The fourth-order valence-corrected chi connectivity index (χ4v) is 2.05. The van der Waals surface area contributed by atoms with Crippen LogP contribution in [0.4, 0.5) is 19.0 Å². The normalized spacial score (nSPS) is 14.4. The van der Waals surface area contributed by atoms with Crippen molar-refractivity contribution in [3.63, 3.8) is 0 Å². The number of halogens is 3. The van der Waals surface area contributed by atoms with E-state index in [9.17, 15) is 18.3 Å². The number of alkyl halides is 3. The van der Waals surface area contributed by atoms with Gasteiger partial charge in [0.2, 0.25) is 0 Å². The second-order valence-electron chi connectivity index (χ2n) is 5.12. The molecule has 2 aromatic rings. The summed E-state index contributed by atoms with van der Waals surface area (Å²) in [5.41, 5.74) is 0.190. The number of nitrogens with zero attached hydrogens (tertiary/aromatic N) is 1. The van der Waals surface area contributed by atoms with E-state index in [1.807, 2.05) is 30.3 Å². The van der Waals surface area contributed by atoms with E-state index in [-0.39, 0.29) is 5.82 Å². The zero-order valence-corrected chi connectivity index (χ0v) is 12.0. The Morgan fingerprint density at radius 1 is 1.18 bits per heavy atom. The molecule has 6 heteroatoms. The maximum atomic E-state index is 12.6. The molecule has 2 N–H and O–H groups in total. The fraction of sp³-hybridized carbons (Fsp3) is 0.312. The van der Waals surface area contributed by atoms with Crippen LogP contribution in [0.25, 0.3) is 0 Å². The van der Waals surface area contributed by atoms with Crippen LogP contribution in [-0.4, -0.2) is 22.2 Å². The standard InChI is InChI=1S/C16H17F3N2O/c1-11(14(22)9-12-5-3-2-4-6-12)21-15-10-13(7-8-20-15)16(17,18)19/h2-8,10-11,14,22H,9H2,1H3,(H,20,21). The average molecular weight is 310 g/mol. The highest BCUT2D eigenvalue weighted by molar-refractivity contribution is 5.39. The molecule has 0 aliphatic heterocycles. The van der Waals surface area contributed by atoms with Gasteiger partial charge < -0.3 is 10.4 Å². The molecule has 22 heavy (non-hydrogen) atoms. The van der Waals surface area contributed by atoms with Gasteiger partial charge in [0.25, 0.3) is 0 Å². The Bertz CT molecular complexity index is 602. The topological polar surface area (TPSA) is 45.2 Å². The third kappa shape index (κ3) is 4.46. The van der Waals surface area contributed by atoms with Crippen LogP contribution in [0.15, 0.2) is 48.7 Å². The molecule has 3 nitrogen and oxygen atoms in total. The van der Waals surface area contributed by atoms with Gasteiger partial charge in [-0.3, -0.25) is 0 Å². The van der Waals surface area contributed by atoms with Gasteiger partial charge in [-0.2, -0.15) is 13.2 Å². The Morgan fingerprint density at radius 3 is 2.50 bits per heavy atom. The average Bonchev–Trinajstić information content (AvgIpc) is 2.47. The molecular formula is C16H17F3N2O. The molecule has 0 spiro atoms. The van der Waals surface area contributed by atoms with Crippen LogP contribution in [0.3, 0.4) is 0 Å². The van der Waals surface area contributed by atoms with Gasteiger partial charge in [-0.25, -0.2) is 4.98 Å². The van der Waals surface area contributed by atoms with Gasteiger partial charge in [-0.15, -0.1) is 0 Å². The SMILES string of the molecule is CC(Nc1cc(C(F)(F)F)ccn1)C(O)Cc1ccccc1. The highest BCUT2D eigenvalue weighted by Gasteiger charge is 2.31. The van der Waals surface area contributed by atoms with Gasteiger partial charge >= 0.3 is 6.18 Å². The summed E-state index contributed by atoms with van der Waals surface area (Å²) in [6.07, 6.45) is -3.64. The molecule has 2 rings (SSSR count). The largest absolute Gasteiger partial charge is 0.416 e. The van der Waals surface area contributed by atoms with Gasteiger partial charge in [0, 0.05) is 12.6 Å². The Hall–Kier alpha value is -2.08. The molecule has 1 aromatic carbocycles. The number of pyridine rings is 1. The molecule has 1 aromatic heterocycles. The summed E-state index contributed by atoms with van der Waals surface area (Å²) in [4.78, 5) is 3.86. The summed E-state index contributed by atoms with van der Waals surface area (Å²) >= 11 is 0. The molecule has 0 fully saturated rings. The smallest absolute Gasteiger partial charge is 0.391 e. The molecule has 1 heterocycles. The summed E-state index contributed by atoms with van der Waals surface area (Å²) in [6.45, 7) is 1.70. The fourth-order valence-electron chi connectivity index (χ4n) is 2.05. The molecule has 0 bridgehead atoms. The van der Waals surface area contributed by atoms with Crippen LogP contribution >= 0.6 is 0 Å². The Balaban J connectivity index is 2.01. The summed E-state index contributed by atoms with van der Waals surface area (Å²) in [5, 5.41) is 13.0. The Morgan fingerprint density at radius 2 is 1.86 bits per heavy atom. The lowest BCUT2D eigenvalue weighted by molar-refractivity contribution is -0.137. The van der Waals surface area contributed by atoms with Crippen molar-refractivity contribution in [2.45, 2.75) is 31.7 Å². The van der Waals surface area contributed by atoms with E-state index >= 15 is 0 Å². The van der Waals surface area contributed by atoms with Crippen molar-refractivity contribution in [3.05, 3.63) is 59.8 Å². The quantitative estimate of drug-likeness (QED) is 0.888. The van der Waals surface area contributed by atoms with Crippen LogP contribution in [-0.2, 0) is 12.6 Å². The minimum atomic E-state index is -4.41. The van der Waals surface area contributed by atoms with Gasteiger partial charge in [0.1, 0.15) is 5.82 Å². The first-order valence-electron chi connectivity index (χ1n) is 6.88. The van der Waals surface area contributed by atoms with Crippen molar-refractivity contribution in [3.8, 4) is 0 Å². The molecule has 118 valence electrons. The van der Waals surface area contributed by atoms with Crippen LogP contribution in [0.2, 0.25) is 0 Å². The van der Waals surface area contributed by atoms with Crippen LogP contribution in [0, 0.1) is 0 Å². The van der Waals surface area contributed by atoms with Crippen molar-refractivity contribution >= 4 is 5.82 Å². The van der Waals surface area contributed by atoms with E-state index < -0.39 is 23.9 Å². The van der Waals surface area contributed by atoms with E-state index in [2.05, 4.69) is 10.3 Å². The lowest BCUT2D eigenvalue weighted by Crippen LogP contribution is -2.32. The lowest BCUT2D eigenvalue weighted by Gasteiger charge is -2.21. The van der Waals surface area contributed by atoms with Crippen molar-refractivity contribution in [2.75, 3.05) is 5.32 Å². The third-order valence-electron chi connectivity index (χ3n) is 3.33. The molecule has 0 aliphatic rings. The summed E-state index contributed by atoms with van der Waals surface area (Å²) in [5.74, 6) is 0.0921. The number of hydrogen-bond donors (Lipinski definition) is 2. The number of nitrogens with one attached hydrogen (secondary N) is 1. The van der Waals surface area contributed by atoms with Gasteiger partial charge in [-0.05, 0) is 24.6 Å². The number of rotatable bonds is 5. The number of benzene rings is 1. The number of aliphatic hydroxyl groups is 1. The van der Waals surface area contributed by atoms with Crippen LogP contribution in [0.1, 0.15) is 18.1 Å². The summed E-state index contributed by atoms with van der Waals surface area (Å²) in [6, 6.07) is 10.8. The molecule has 0 aliphatic carbocycles. The first-order chi connectivity index (χ1) is 10.4. The van der Waals surface area contributed by atoms with Crippen LogP contribution < -0.4 is 5.32 Å². The first-order valence-corrected chi connectivity index (χ1v) is 6.88. The monoisotopic (exact) mass is 310 g/mol. The Kier molecular flexibility index (Phi) is 5.03. The molecule has 2 atom stereocenters. The first kappa shape index (κ1) is 16.3. The predicted octanol–water partition coefficient (Wildman–Crippen LogP) is 3.50. The van der Waals surface area contributed by atoms with Crippen LogP contribution in [0.5, 0.6) is 0 Å². The minimum Gasteiger partial charge on any atom is -0.391 e. The van der Waals surface area contributed by atoms with E-state index in [0.717, 1.165) is 23.9 Å². The maximum Gasteiger partial charge on any atom is 0.416 e. The highest BCUT2D eigenvalue weighted by atomic mass is 19.4. The van der Waals surface area contributed by atoms with Gasteiger partial charge in [-0.1, -0.05) is 30.3 Å². The van der Waals surface area contributed by atoms with E-state index in [1.165, 1.54) is 0 Å². The number of hydrogen-bond acceptors (Lipinski definition) is 3. The van der Waals surface area contributed by atoms with Crippen molar-refractivity contribution in [1.29, 1.82) is 0 Å². The zero-order valence-electron chi connectivity index (χ0n) is 12.0. The van der Waals surface area contributed by atoms with Gasteiger partial charge in [0.15, 0.2) is 0 Å². The second kappa shape index (κ2) is 6.79. The molecule has 0 radical (unpaired) electrons. The Labute approximate surface area is 126 Å². The summed E-state index contributed by atoms with van der Waals surface area (Å²) < 4.78 is 37.9. The number of aliphatic hydroxyl groups excluding tert-OH is 1. The molecule has 0 saturated heterocycles. The van der Waals surface area contributed by atoms with E-state index in [4.69, 9.17) is 0 Å². The molecule has 2 unspecified atom stereocenters. The number of aromatic nitrogens is 1. The van der Waals surface area contributed by atoms with Gasteiger partial charge in [0.05, 0.1) is 17.7 Å².